The molecule has 0 saturated heterocycles. The van der Waals surface area contributed by atoms with Crippen molar-refractivity contribution in [3.05, 3.63) is 90.5 Å². The van der Waals surface area contributed by atoms with Gasteiger partial charge in [-0.15, -0.1) is 0 Å². The summed E-state index contributed by atoms with van der Waals surface area (Å²) in [4.78, 5) is 12.2. The Morgan fingerprint density at radius 2 is 1.25 bits per heavy atom. The third-order valence-electron chi connectivity index (χ3n) is 4.11. The van der Waals surface area contributed by atoms with Crippen molar-refractivity contribution in [2.24, 2.45) is 0 Å². The average molecular weight is 312 g/mol. The molecule has 0 radical (unpaired) electrons. The number of hydrogen-bond acceptors (Lipinski definition) is 2. The van der Waals surface area contributed by atoms with Crippen LogP contribution in [0.2, 0.25) is 0 Å². The lowest BCUT2D eigenvalue weighted by Crippen LogP contribution is -2.11. The van der Waals surface area contributed by atoms with Crippen molar-refractivity contribution in [2.45, 2.75) is 6.42 Å². The van der Waals surface area contributed by atoms with Gasteiger partial charge in [0.2, 0.25) is 0 Å². The molecule has 0 unspecified atom stereocenters. The van der Waals surface area contributed by atoms with E-state index in [-0.39, 0.29) is 12.4 Å². The van der Waals surface area contributed by atoms with Gasteiger partial charge in [0.25, 0.3) is 0 Å². The number of fused-ring (bicyclic) bond motifs is 2. The predicted octanol–water partition coefficient (Wildman–Crippen LogP) is 5.14. The maximum absolute atomic E-state index is 12.2. The van der Waals surface area contributed by atoms with Crippen molar-refractivity contribution in [1.82, 2.24) is 0 Å². The van der Waals surface area contributed by atoms with Gasteiger partial charge >= 0.3 is 5.97 Å². The summed E-state index contributed by atoms with van der Waals surface area (Å²) in [5.74, 6) is 0.333. The largest absolute Gasteiger partial charge is 0.426 e. The molecule has 0 amide bonds. The molecule has 24 heavy (non-hydrogen) atoms. The molecule has 0 heterocycles. The van der Waals surface area contributed by atoms with E-state index in [1.165, 1.54) is 5.39 Å². The first-order valence-electron chi connectivity index (χ1n) is 7.95. The second kappa shape index (κ2) is 6.17. The molecule has 0 fully saturated rings. The van der Waals surface area contributed by atoms with Crippen molar-refractivity contribution >= 4 is 27.5 Å². The van der Waals surface area contributed by atoms with Gasteiger partial charge in [-0.05, 0) is 39.2 Å². The Morgan fingerprint density at radius 3 is 1.96 bits per heavy atom. The number of carbonyl (C=O) groups excluding carboxylic acids is 1. The van der Waals surface area contributed by atoms with Gasteiger partial charge < -0.3 is 4.74 Å². The zero-order valence-electron chi connectivity index (χ0n) is 13.1. The summed E-state index contributed by atoms with van der Waals surface area (Å²) < 4.78 is 5.50. The molecule has 2 heteroatoms. The maximum atomic E-state index is 12.2. The van der Waals surface area contributed by atoms with Crippen LogP contribution in [0.5, 0.6) is 5.75 Å². The second-order valence-corrected chi connectivity index (χ2v) is 5.84. The van der Waals surface area contributed by atoms with Crippen LogP contribution in [-0.4, -0.2) is 5.97 Å². The van der Waals surface area contributed by atoms with E-state index in [9.17, 15) is 4.79 Å². The van der Waals surface area contributed by atoms with Crippen molar-refractivity contribution in [3.63, 3.8) is 0 Å². The summed E-state index contributed by atoms with van der Waals surface area (Å²) in [5, 5.41) is 4.50. The van der Waals surface area contributed by atoms with Crippen molar-refractivity contribution < 1.29 is 9.53 Å². The lowest BCUT2D eigenvalue weighted by Gasteiger charge is -2.07. The Balaban J connectivity index is 1.52. The highest BCUT2D eigenvalue weighted by atomic mass is 16.5. The van der Waals surface area contributed by atoms with E-state index in [4.69, 9.17) is 4.74 Å². The van der Waals surface area contributed by atoms with E-state index >= 15 is 0 Å². The standard InChI is InChI=1S/C22H16O2/c23-22(14-16-9-10-17-5-1-3-7-19(17)13-16)24-21-12-11-18-6-2-4-8-20(18)15-21/h1-13,15H,14H2. The van der Waals surface area contributed by atoms with Crippen LogP contribution in [0.25, 0.3) is 21.5 Å². The first-order valence-corrected chi connectivity index (χ1v) is 7.95. The van der Waals surface area contributed by atoms with Crippen LogP contribution in [-0.2, 0) is 11.2 Å². The van der Waals surface area contributed by atoms with E-state index in [0.29, 0.717) is 5.75 Å². The van der Waals surface area contributed by atoms with E-state index in [1.807, 2.05) is 78.9 Å². The van der Waals surface area contributed by atoms with Crippen molar-refractivity contribution in [3.8, 4) is 5.75 Å². The van der Waals surface area contributed by atoms with Crippen LogP contribution in [0.3, 0.4) is 0 Å². The van der Waals surface area contributed by atoms with Gasteiger partial charge in [-0.25, -0.2) is 0 Å². The first kappa shape index (κ1) is 14.5. The highest BCUT2D eigenvalue weighted by Gasteiger charge is 2.08. The average Bonchev–Trinajstić information content (AvgIpc) is 2.61. The Hall–Kier alpha value is -3.13. The molecule has 0 N–H and O–H groups in total. The molecule has 0 bridgehead atoms. The molecule has 0 aromatic heterocycles. The fourth-order valence-electron chi connectivity index (χ4n) is 2.91. The number of carbonyl (C=O) groups is 1. The van der Waals surface area contributed by atoms with Crippen molar-refractivity contribution in [2.75, 3.05) is 0 Å². The summed E-state index contributed by atoms with van der Waals surface area (Å²) in [5.41, 5.74) is 0.958. The lowest BCUT2D eigenvalue weighted by atomic mass is 10.1. The molecule has 0 spiro atoms. The number of benzene rings is 4. The molecule has 4 aromatic carbocycles. The number of esters is 1. The fourth-order valence-corrected chi connectivity index (χ4v) is 2.91. The molecule has 0 aliphatic carbocycles. The smallest absolute Gasteiger partial charge is 0.315 e. The Morgan fingerprint density at radius 1 is 0.667 bits per heavy atom. The Bertz CT molecular complexity index is 951. The topological polar surface area (TPSA) is 26.3 Å². The highest BCUT2D eigenvalue weighted by molar-refractivity contribution is 5.86. The molecular weight excluding hydrogens is 296 g/mol. The molecule has 0 atom stereocenters. The van der Waals surface area contributed by atoms with Crippen LogP contribution in [0, 0.1) is 0 Å². The molecular formula is C22H16O2. The Labute approximate surface area is 140 Å². The quantitative estimate of drug-likeness (QED) is 0.387. The molecule has 0 aliphatic rings. The number of ether oxygens (including phenoxy) is 1. The molecule has 4 rings (SSSR count). The van der Waals surface area contributed by atoms with Gasteiger partial charge in [0, 0.05) is 0 Å². The predicted molar refractivity (Wildman–Crippen MR) is 97.2 cm³/mol. The summed E-state index contributed by atoms with van der Waals surface area (Å²) in [6.45, 7) is 0. The molecule has 4 aromatic rings. The minimum Gasteiger partial charge on any atom is -0.426 e. The zero-order chi connectivity index (χ0) is 16.4. The van der Waals surface area contributed by atoms with Gasteiger partial charge in [-0.3, -0.25) is 4.79 Å². The van der Waals surface area contributed by atoms with Gasteiger partial charge in [0.05, 0.1) is 6.42 Å². The molecule has 2 nitrogen and oxygen atoms in total. The molecule has 0 saturated carbocycles. The summed E-state index contributed by atoms with van der Waals surface area (Å²) in [6, 6.07) is 27.9. The maximum Gasteiger partial charge on any atom is 0.315 e. The molecule has 0 aliphatic heterocycles. The van der Waals surface area contributed by atoms with E-state index in [2.05, 4.69) is 6.07 Å². The third-order valence-corrected chi connectivity index (χ3v) is 4.11. The van der Waals surface area contributed by atoms with Crippen LogP contribution in [0.4, 0.5) is 0 Å². The van der Waals surface area contributed by atoms with Gasteiger partial charge in [-0.2, -0.15) is 0 Å². The Kier molecular flexibility index (Phi) is 3.72. The summed E-state index contributed by atoms with van der Waals surface area (Å²) in [7, 11) is 0. The summed E-state index contributed by atoms with van der Waals surface area (Å²) >= 11 is 0. The monoisotopic (exact) mass is 312 g/mol. The minimum absolute atomic E-state index is 0.249. The lowest BCUT2D eigenvalue weighted by molar-refractivity contribution is -0.133. The fraction of sp³-hybridized carbons (Fsp3) is 0.0455. The van der Waals surface area contributed by atoms with Gasteiger partial charge in [0.15, 0.2) is 0 Å². The van der Waals surface area contributed by atoms with Gasteiger partial charge in [0.1, 0.15) is 5.75 Å². The zero-order valence-corrected chi connectivity index (χ0v) is 13.1. The van der Waals surface area contributed by atoms with Crippen LogP contribution >= 0.6 is 0 Å². The molecule has 116 valence electrons. The first-order chi connectivity index (χ1) is 11.8. The van der Waals surface area contributed by atoms with E-state index in [0.717, 1.165) is 21.7 Å². The van der Waals surface area contributed by atoms with Crippen LogP contribution in [0.15, 0.2) is 84.9 Å². The van der Waals surface area contributed by atoms with Crippen LogP contribution in [0.1, 0.15) is 5.56 Å². The van der Waals surface area contributed by atoms with Crippen molar-refractivity contribution in [1.29, 1.82) is 0 Å². The minimum atomic E-state index is -0.249. The normalized spacial score (nSPS) is 10.8. The number of hydrogen-bond donors (Lipinski definition) is 0. The number of rotatable bonds is 3. The third kappa shape index (κ3) is 2.99. The summed E-state index contributed by atoms with van der Waals surface area (Å²) in [6.07, 6.45) is 0.262. The van der Waals surface area contributed by atoms with E-state index < -0.39 is 0 Å². The SMILES string of the molecule is O=C(Cc1ccc2ccccc2c1)Oc1ccc2ccccc2c1. The van der Waals surface area contributed by atoms with Crippen LogP contribution < -0.4 is 4.74 Å². The van der Waals surface area contributed by atoms with E-state index in [1.54, 1.807) is 0 Å². The second-order valence-electron chi connectivity index (χ2n) is 5.84. The van der Waals surface area contributed by atoms with Gasteiger partial charge in [-0.1, -0.05) is 72.8 Å². The highest BCUT2D eigenvalue weighted by Crippen LogP contribution is 2.21.